The van der Waals surface area contributed by atoms with Gasteiger partial charge in [0.05, 0.1) is 11.6 Å². The Kier molecular flexibility index (Phi) is 5.61. The van der Waals surface area contributed by atoms with Crippen LogP contribution in [0.15, 0.2) is 72.3 Å². The Morgan fingerprint density at radius 2 is 1.71 bits per heavy atom. The van der Waals surface area contributed by atoms with Crippen LogP contribution in [-0.2, 0) is 9.59 Å². The van der Waals surface area contributed by atoms with Crippen LogP contribution in [0, 0.1) is 6.92 Å². The number of carbonyl (C=O) groups is 2. The Labute approximate surface area is 182 Å². The number of fused-ring (bicyclic) bond motifs is 1. The number of Topliss-reactive ketones (excluding diaryl/α,β-unsaturated/α-hetero) is 1. The molecule has 0 aromatic heterocycles. The maximum Gasteiger partial charge on any atom is 0.295 e. The number of hydrogen-bond acceptors (Lipinski definition) is 4. The zero-order valence-corrected chi connectivity index (χ0v) is 18.0. The molecule has 3 aromatic carbocycles. The Balaban J connectivity index is 1.87. The minimum atomic E-state index is -0.643. The predicted molar refractivity (Wildman–Crippen MR) is 123 cm³/mol. The number of aliphatic hydroxyl groups is 1. The van der Waals surface area contributed by atoms with Gasteiger partial charge in [0, 0.05) is 18.7 Å². The molecule has 0 spiro atoms. The summed E-state index contributed by atoms with van der Waals surface area (Å²) in [7, 11) is 3.85. The number of aliphatic hydroxyl groups excluding tert-OH is 1. The summed E-state index contributed by atoms with van der Waals surface area (Å²) in [6.45, 7) is 2.98. The predicted octanol–water partition coefficient (Wildman–Crippen LogP) is 4.13. The fourth-order valence-corrected chi connectivity index (χ4v) is 4.10. The average molecular weight is 415 g/mol. The number of rotatable bonds is 5. The van der Waals surface area contributed by atoms with Gasteiger partial charge in [0.25, 0.3) is 11.7 Å². The van der Waals surface area contributed by atoms with Crippen molar-refractivity contribution in [2.75, 3.05) is 27.2 Å². The molecule has 4 rings (SSSR count). The highest BCUT2D eigenvalue weighted by Gasteiger charge is 2.45. The topological polar surface area (TPSA) is 60.9 Å². The molecule has 0 bridgehead atoms. The monoisotopic (exact) mass is 414 g/mol. The van der Waals surface area contributed by atoms with Gasteiger partial charge in [-0.3, -0.25) is 9.59 Å². The first kappa shape index (κ1) is 20.8. The van der Waals surface area contributed by atoms with E-state index < -0.39 is 17.7 Å². The van der Waals surface area contributed by atoms with Crippen molar-refractivity contribution in [3.8, 4) is 0 Å². The van der Waals surface area contributed by atoms with E-state index in [1.165, 1.54) is 0 Å². The zero-order chi connectivity index (χ0) is 22.1. The largest absolute Gasteiger partial charge is 0.507 e. The lowest BCUT2D eigenvalue weighted by molar-refractivity contribution is -0.140. The Morgan fingerprint density at radius 3 is 2.42 bits per heavy atom. The van der Waals surface area contributed by atoms with Gasteiger partial charge in [-0.15, -0.1) is 0 Å². The van der Waals surface area contributed by atoms with Gasteiger partial charge in [0.2, 0.25) is 0 Å². The number of aryl methyl sites for hydroxylation is 1. The molecule has 1 atom stereocenters. The smallest absolute Gasteiger partial charge is 0.295 e. The van der Waals surface area contributed by atoms with E-state index in [0.29, 0.717) is 18.7 Å². The van der Waals surface area contributed by atoms with E-state index in [0.717, 1.165) is 21.9 Å². The summed E-state index contributed by atoms with van der Waals surface area (Å²) in [5.74, 6) is -1.35. The second kappa shape index (κ2) is 8.36. The molecule has 1 N–H and O–H groups in total. The molecule has 0 radical (unpaired) electrons. The lowest BCUT2D eigenvalue weighted by atomic mass is 9.94. The molecule has 1 heterocycles. The number of hydrogen-bond donors (Lipinski definition) is 1. The Hall–Kier alpha value is -3.44. The van der Waals surface area contributed by atoms with Crippen molar-refractivity contribution in [2.24, 2.45) is 0 Å². The highest BCUT2D eigenvalue weighted by atomic mass is 16.3. The Bertz CT molecular complexity index is 1200. The second-order valence-corrected chi connectivity index (χ2v) is 8.27. The number of carbonyl (C=O) groups excluding carboxylic acids is 2. The molecular weight excluding hydrogens is 388 g/mol. The van der Waals surface area contributed by atoms with Crippen molar-refractivity contribution in [3.05, 3.63) is 89.0 Å². The summed E-state index contributed by atoms with van der Waals surface area (Å²) in [6, 6.07) is 20.5. The van der Waals surface area contributed by atoms with Crippen molar-refractivity contribution in [3.63, 3.8) is 0 Å². The molecule has 1 fully saturated rings. The number of likely N-dealkylation sites (tertiary alicyclic amines) is 1. The molecular formula is C26H26N2O3. The molecule has 5 heteroatoms. The number of nitrogens with zero attached hydrogens (tertiary/aromatic N) is 2. The van der Waals surface area contributed by atoms with Crippen LogP contribution in [0.2, 0.25) is 0 Å². The van der Waals surface area contributed by atoms with Crippen LogP contribution in [0.4, 0.5) is 0 Å². The fraction of sp³-hybridized carbons (Fsp3) is 0.231. The molecule has 0 aliphatic carbocycles. The van der Waals surface area contributed by atoms with Crippen LogP contribution in [-0.4, -0.2) is 53.8 Å². The van der Waals surface area contributed by atoms with Gasteiger partial charge in [-0.2, -0.15) is 0 Å². The minimum Gasteiger partial charge on any atom is -0.507 e. The summed E-state index contributed by atoms with van der Waals surface area (Å²) in [6.07, 6.45) is 0. The maximum atomic E-state index is 13.1. The van der Waals surface area contributed by atoms with E-state index in [9.17, 15) is 14.7 Å². The molecule has 158 valence electrons. The zero-order valence-electron chi connectivity index (χ0n) is 18.0. The number of amides is 1. The third-order valence-electron chi connectivity index (χ3n) is 5.71. The van der Waals surface area contributed by atoms with E-state index in [1.807, 2.05) is 86.6 Å². The lowest BCUT2D eigenvalue weighted by Crippen LogP contribution is -2.35. The van der Waals surface area contributed by atoms with Crippen molar-refractivity contribution >= 4 is 28.2 Å². The first-order chi connectivity index (χ1) is 14.9. The second-order valence-electron chi connectivity index (χ2n) is 8.27. The van der Waals surface area contributed by atoms with Gasteiger partial charge in [0.1, 0.15) is 5.76 Å². The van der Waals surface area contributed by atoms with Crippen LogP contribution in [0.1, 0.15) is 22.7 Å². The van der Waals surface area contributed by atoms with Crippen LogP contribution in [0.5, 0.6) is 0 Å². The Morgan fingerprint density at radius 1 is 0.968 bits per heavy atom. The van der Waals surface area contributed by atoms with Gasteiger partial charge in [-0.1, -0.05) is 66.2 Å². The number of benzene rings is 3. The third-order valence-corrected chi connectivity index (χ3v) is 5.71. The average Bonchev–Trinajstić information content (AvgIpc) is 3.01. The van der Waals surface area contributed by atoms with Gasteiger partial charge in [-0.25, -0.2) is 0 Å². The normalized spacial score (nSPS) is 18.3. The van der Waals surface area contributed by atoms with E-state index in [2.05, 4.69) is 0 Å². The molecule has 1 amide bonds. The SMILES string of the molecule is Cc1cccc(C2/C(=C(/O)c3ccc4ccccc4c3)C(=O)C(=O)N2CCN(C)C)c1. The standard InChI is InChI=1S/C26H26N2O3/c1-17-7-6-10-20(15-17)23-22(25(30)26(31)28(23)14-13-27(2)3)24(29)21-12-11-18-8-4-5-9-19(18)16-21/h4-12,15-16,23,29H,13-14H2,1-3H3/b24-22-. The molecule has 3 aromatic rings. The molecule has 1 unspecified atom stereocenters. The van der Waals surface area contributed by atoms with E-state index in [4.69, 9.17) is 0 Å². The third kappa shape index (κ3) is 3.97. The highest BCUT2D eigenvalue weighted by molar-refractivity contribution is 6.46. The summed E-state index contributed by atoms with van der Waals surface area (Å²) >= 11 is 0. The van der Waals surface area contributed by atoms with E-state index >= 15 is 0 Å². The van der Waals surface area contributed by atoms with Crippen LogP contribution in [0.25, 0.3) is 16.5 Å². The fourth-order valence-electron chi connectivity index (χ4n) is 4.10. The van der Waals surface area contributed by atoms with Crippen LogP contribution >= 0.6 is 0 Å². The summed E-state index contributed by atoms with van der Waals surface area (Å²) in [4.78, 5) is 29.6. The first-order valence-corrected chi connectivity index (χ1v) is 10.4. The molecule has 31 heavy (non-hydrogen) atoms. The first-order valence-electron chi connectivity index (χ1n) is 10.4. The van der Waals surface area contributed by atoms with Crippen molar-refractivity contribution in [2.45, 2.75) is 13.0 Å². The molecule has 1 aliphatic rings. The lowest BCUT2D eigenvalue weighted by Gasteiger charge is -2.26. The van der Waals surface area contributed by atoms with E-state index in [-0.39, 0.29) is 11.3 Å². The summed E-state index contributed by atoms with van der Waals surface area (Å²) in [5, 5.41) is 13.2. The maximum absolute atomic E-state index is 13.1. The number of ketones is 1. The highest BCUT2D eigenvalue weighted by Crippen LogP contribution is 2.39. The van der Waals surface area contributed by atoms with Crippen LogP contribution < -0.4 is 0 Å². The molecule has 5 nitrogen and oxygen atoms in total. The van der Waals surface area contributed by atoms with Gasteiger partial charge in [-0.05, 0) is 43.4 Å². The molecule has 1 aliphatic heterocycles. The van der Waals surface area contributed by atoms with Gasteiger partial charge < -0.3 is 14.9 Å². The van der Waals surface area contributed by atoms with Crippen molar-refractivity contribution < 1.29 is 14.7 Å². The molecule has 0 saturated carbocycles. The summed E-state index contributed by atoms with van der Waals surface area (Å²) < 4.78 is 0. The quantitative estimate of drug-likeness (QED) is 0.387. The minimum absolute atomic E-state index is 0.136. The van der Waals surface area contributed by atoms with Crippen molar-refractivity contribution in [1.29, 1.82) is 0 Å². The summed E-state index contributed by atoms with van der Waals surface area (Å²) in [5.41, 5.74) is 2.52. The van der Waals surface area contributed by atoms with Gasteiger partial charge in [0.15, 0.2) is 0 Å². The van der Waals surface area contributed by atoms with E-state index in [1.54, 1.807) is 11.0 Å². The molecule has 1 saturated heterocycles. The number of likely N-dealkylation sites (N-methyl/N-ethyl adjacent to an activating group) is 1. The van der Waals surface area contributed by atoms with Crippen LogP contribution in [0.3, 0.4) is 0 Å². The van der Waals surface area contributed by atoms with Gasteiger partial charge >= 0.3 is 0 Å². The van der Waals surface area contributed by atoms with Crippen molar-refractivity contribution in [1.82, 2.24) is 9.80 Å².